The molecule has 0 radical (unpaired) electrons. The smallest absolute Gasteiger partial charge is 0.260 e. The van der Waals surface area contributed by atoms with Crippen molar-refractivity contribution in [2.45, 2.75) is 6.92 Å². The van der Waals surface area contributed by atoms with Gasteiger partial charge in [-0.05, 0) is 24.3 Å². The fraction of sp³-hybridized carbons (Fsp3) is 0.353. The van der Waals surface area contributed by atoms with Crippen molar-refractivity contribution in [2.24, 2.45) is 0 Å². The van der Waals surface area contributed by atoms with Gasteiger partial charge in [0, 0.05) is 44.7 Å². The molecule has 2 aromatic rings. The minimum atomic E-state index is -0.0998. The summed E-state index contributed by atoms with van der Waals surface area (Å²) in [6, 6.07) is 7.12. The number of carbonyl (C=O) groups excluding carboxylic acids is 2. The highest BCUT2D eigenvalue weighted by Crippen LogP contribution is 2.29. The largest absolute Gasteiger partial charge is 0.481 e. The predicted octanol–water partition coefficient (Wildman–Crippen LogP) is 1.96. The molecule has 1 fully saturated rings. The van der Waals surface area contributed by atoms with Gasteiger partial charge in [0.15, 0.2) is 6.61 Å². The highest BCUT2D eigenvalue weighted by molar-refractivity contribution is 6.35. The van der Waals surface area contributed by atoms with Gasteiger partial charge in [0.25, 0.3) is 5.91 Å². The van der Waals surface area contributed by atoms with E-state index in [4.69, 9.17) is 16.3 Å². The van der Waals surface area contributed by atoms with Crippen LogP contribution in [0.15, 0.2) is 30.5 Å². The molecule has 1 aromatic heterocycles. The molecule has 0 bridgehead atoms. The summed E-state index contributed by atoms with van der Waals surface area (Å²) >= 11 is 6.15. The molecule has 0 aliphatic carbocycles. The lowest BCUT2D eigenvalue weighted by Crippen LogP contribution is -2.51. The summed E-state index contributed by atoms with van der Waals surface area (Å²) in [7, 11) is 0. The Hall–Kier alpha value is -2.34. The van der Waals surface area contributed by atoms with E-state index < -0.39 is 0 Å². The first-order valence-corrected chi connectivity index (χ1v) is 8.13. The van der Waals surface area contributed by atoms with Crippen molar-refractivity contribution in [3.63, 3.8) is 0 Å². The van der Waals surface area contributed by atoms with Crippen LogP contribution in [0.2, 0.25) is 5.02 Å². The van der Waals surface area contributed by atoms with Crippen LogP contribution in [0.25, 0.3) is 10.9 Å². The maximum Gasteiger partial charge on any atom is 0.260 e. The highest BCUT2D eigenvalue weighted by atomic mass is 35.5. The van der Waals surface area contributed by atoms with Gasteiger partial charge in [-0.25, -0.2) is 0 Å². The van der Waals surface area contributed by atoms with Gasteiger partial charge in [-0.15, -0.1) is 0 Å². The summed E-state index contributed by atoms with van der Waals surface area (Å²) in [5, 5.41) is 1.39. The second-order valence-corrected chi connectivity index (χ2v) is 6.03. The van der Waals surface area contributed by atoms with Gasteiger partial charge in [-0.1, -0.05) is 11.6 Å². The molecule has 1 aromatic carbocycles. The summed E-state index contributed by atoms with van der Waals surface area (Å²) in [6.07, 6.45) is 1.66. The first-order chi connectivity index (χ1) is 11.6. The Morgan fingerprint density at radius 2 is 1.88 bits per heavy atom. The van der Waals surface area contributed by atoms with Crippen molar-refractivity contribution in [3.8, 4) is 5.75 Å². The first kappa shape index (κ1) is 16.5. The monoisotopic (exact) mass is 347 g/mol. The number of carbonyl (C=O) groups is 2. The van der Waals surface area contributed by atoms with Crippen LogP contribution in [0.5, 0.6) is 5.75 Å². The summed E-state index contributed by atoms with van der Waals surface area (Å²) in [5.41, 5.74) is 0.638. The van der Waals surface area contributed by atoms with Crippen LogP contribution in [0.3, 0.4) is 0 Å². The number of fused-ring (bicyclic) bond motifs is 1. The van der Waals surface area contributed by atoms with E-state index in [-0.39, 0.29) is 18.4 Å². The molecule has 2 heterocycles. The van der Waals surface area contributed by atoms with Crippen molar-refractivity contribution < 1.29 is 14.3 Å². The molecule has 1 saturated heterocycles. The summed E-state index contributed by atoms with van der Waals surface area (Å²) < 4.78 is 5.67. The second-order valence-electron chi connectivity index (χ2n) is 5.62. The topological polar surface area (TPSA) is 62.7 Å². The SMILES string of the molecule is CC(=O)N1CCN(C(=O)COc2ccc(Cl)c3cccnc23)CC1. The van der Waals surface area contributed by atoms with Crippen LogP contribution in [0.4, 0.5) is 0 Å². The molecule has 2 amide bonds. The Morgan fingerprint density at radius 1 is 1.17 bits per heavy atom. The lowest BCUT2D eigenvalue weighted by molar-refractivity contribution is -0.139. The lowest BCUT2D eigenvalue weighted by Gasteiger charge is -2.34. The number of hydrogen-bond donors (Lipinski definition) is 0. The first-order valence-electron chi connectivity index (χ1n) is 7.75. The maximum absolute atomic E-state index is 12.3. The van der Waals surface area contributed by atoms with E-state index in [0.29, 0.717) is 42.5 Å². The zero-order valence-corrected chi connectivity index (χ0v) is 14.1. The molecule has 1 aliphatic heterocycles. The molecule has 126 valence electrons. The Morgan fingerprint density at radius 3 is 2.58 bits per heavy atom. The van der Waals surface area contributed by atoms with Crippen LogP contribution in [-0.4, -0.2) is 59.4 Å². The Bertz CT molecular complexity index is 773. The Labute approximate surface area is 145 Å². The van der Waals surface area contributed by atoms with Crippen LogP contribution < -0.4 is 4.74 Å². The van der Waals surface area contributed by atoms with Crippen LogP contribution in [-0.2, 0) is 9.59 Å². The number of ether oxygens (including phenoxy) is 1. The molecule has 6 nitrogen and oxygen atoms in total. The van der Waals surface area contributed by atoms with Crippen molar-refractivity contribution >= 4 is 34.3 Å². The van der Waals surface area contributed by atoms with Gasteiger partial charge in [0.05, 0.1) is 5.02 Å². The minimum Gasteiger partial charge on any atom is -0.481 e. The third-order valence-corrected chi connectivity index (χ3v) is 4.44. The van der Waals surface area contributed by atoms with E-state index in [1.807, 2.05) is 6.07 Å². The number of amides is 2. The van der Waals surface area contributed by atoms with E-state index >= 15 is 0 Å². The van der Waals surface area contributed by atoms with E-state index in [9.17, 15) is 9.59 Å². The maximum atomic E-state index is 12.3. The zero-order valence-electron chi connectivity index (χ0n) is 13.4. The zero-order chi connectivity index (χ0) is 17.1. The van der Waals surface area contributed by atoms with Crippen LogP contribution in [0.1, 0.15) is 6.92 Å². The predicted molar refractivity (Wildman–Crippen MR) is 91.1 cm³/mol. The fourth-order valence-electron chi connectivity index (χ4n) is 2.73. The quantitative estimate of drug-likeness (QED) is 0.851. The van der Waals surface area contributed by atoms with Crippen molar-refractivity contribution in [1.82, 2.24) is 14.8 Å². The van der Waals surface area contributed by atoms with E-state index in [2.05, 4.69) is 4.98 Å². The van der Waals surface area contributed by atoms with Crippen LogP contribution in [0, 0.1) is 0 Å². The molecule has 7 heteroatoms. The van der Waals surface area contributed by atoms with Crippen molar-refractivity contribution in [2.75, 3.05) is 32.8 Å². The molecular weight excluding hydrogens is 330 g/mol. The number of aromatic nitrogens is 1. The third-order valence-electron chi connectivity index (χ3n) is 4.11. The van der Waals surface area contributed by atoms with Gasteiger partial charge in [0.2, 0.25) is 5.91 Å². The molecule has 0 unspecified atom stereocenters. The summed E-state index contributed by atoms with van der Waals surface area (Å²) in [6.45, 7) is 3.66. The van der Waals surface area contributed by atoms with Gasteiger partial charge in [-0.3, -0.25) is 14.6 Å². The summed E-state index contributed by atoms with van der Waals surface area (Å²) in [5.74, 6) is 0.472. The van der Waals surface area contributed by atoms with Gasteiger partial charge in [0.1, 0.15) is 11.3 Å². The van der Waals surface area contributed by atoms with Crippen LogP contribution >= 0.6 is 11.6 Å². The number of halogens is 1. The average Bonchev–Trinajstić information content (AvgIpc) is 2.61. The fourth-order valence-corrected chi connectivity index (χ4v) is 2.95. The number of rotatable bonds is 3. The third kappa shape index (κ3) is 3.43. The van der Waals surface area contributed by atoms with Gasteiger partial charge >= 0.3 is 0 Å². The molecular formula is C17H18ClN3O3. The number of hydrogen-bond acceptors (Lipinski definition) is 4. The van der Waals surface area contributed by atoms with E-state index in [1.165, 1.54) is 0 Å². The highest BCUT2D eigenvalue weighted by Gasteiger charge is 2.22. The Kier molecular flexibility index (Phi) is 4.85. The van der Waals surface area contributed by atoms with Crippen molar-refractivity contribution in [3.05, 3.63) is 35.5 Å². The Balaban J connectivity index is 1.63. The number of pyridine rings is 1. The molecule has 3 rings (SSSR count). The van der Waals surface area contributed by atoms with Gasteiger partial charge in [-0.2, -0.15) is 0 Å². The minimum absolute atomic E-state index is 0.0389. The molecule has 24 heavy (non-hydrogen) atoms. The lowest BCUT2D eigenvalue weighted by atomic mass is 10.2. The normalized spacial score (nSPS) is 14.8. The summed E-state index contributed by atoms with van der Waals surface area (Å²) in [4.78, 5) is 31.4. The molecule has 0 N–H and O–H groups in total. The van der Waals surface area contributed by atoms with E-state index in [1.54, 1.807) is 41.1 Å². The number of piperazine rings is 1. The number of nitrogens with zero attached hydrogens (tertiary/aromatic N) is 3. The molecule has 0 saturated carbocycles. The molecule has 0 spiro atoms. The van der Waals surface area contributed by atoms with Gasteiger partial charge < -0.3 is 14.5 Å². The second kappa shape index (κ2) is 7.05. The van der Waals surface area contributed by atoms with Crippen molar-refractivity contribution in [1.29, 1.82) is 0 Å². The standard InChI is InChI=1S/C17H18ClN3O3/c1-12(22)20-7-9-21(10-8-20)16(23)11-24-15-5-4-14(18)13-3-2-6-19-17(13)15/h2-6H,7-11H2,1H3. The number of benzene rings is 1. The van der Waals surface area contributed by atoms with E-state index in [0.717, 1.165) is 5.39 Å². The molecule has 1 aliphatic rings. The average molecular weight is 348 g/mol. The molecule has 0 atom stereocenters.